The van der Waals surface area contributed by atoms with Crippen LogP contribution in [-0.4, -0.2) is 73.9 Å². The monoisotopic (exact) mass is 679 g/mol. The summed E-state index contributed by atoms with van der Waals surface area (Å²) in [4.78, 5) is 41.3. The predicted octanol–water partition coefficient (Wildman–Crippen LogP) is 4.58. The first kappa shape index (κ1) is 33.8. The van der Waals surface area contributed by atoms with E-state index in [0.29, 0.717) is 15.1 Å². The van der Waals surface area contributed by atoms with Crippen molar-refractivity contribution < 1.29 is 37.0 Å². The normalized spacial score (nSPS) is 17.0. The van der Waals surface area contributed by atoms with Gasteiger partial charge in [0.15, 0.2) is 12.4 Å². The second kappa shape index (κ2) is 14.5. The van der Waals surface area contributed by atoms with Crippen LogP contribution >= 0.6 is 11.6 Å². The fourth-order valence-electron chi connectivity index (χ4n) is 5.76. The lowest BCUT2D eigenvalue weighted by Crippen LogP contribution is -2.62. The summed E-state index contributed by atoms with van der Waals surface area (Å²) in [6, 6.07) is 17.9. The van der Waals surface area contributed by atoms with Gasteiger partial charge in [-0.05, 0) is 72.1 Å². The molecule has 0 saturated carbocycles. The van der Waals surface area contributed by atoms with Gasteiger partial charge in [-0.2, -0.15) is 9.04 Å². The molecule has 47 heavy (non-hydrogen) atoms. The number of amides is 1. The van der Waals surface area contributed by atoms with E-state index in [-0.39, 0.29) is 49.6 Å². The van der Waals surface area contributed by atoms with Crippen LogP contribution in [0.1, 0.15) is 37.0 Å². The van der Waals surface area contributed by atoms with E-state index in [1.54, 1.807) is 80.6 Å². The molecule has 11 nitrogen and oxygen atoms in total. The Balaban J connectivity index is 1.51. The molecule has 2 atom stereocenters. The van der Waals surface area contributed by atoms with Crippen LogP contribution in [0.15, 0.2) is 90.1 Å². The Bertz CT molecular complexity index is 1850. The second-order valence-corrected chi connectivity index (χ2v) is 13.4. The summed E-state index contributed by atoms with van der Waals surface area (Å²) in [6.07, 6.45) is 2.15. The van der Waals surface area contributed by atoms with E-state index in [9.17, 15) is 28.0 Å². The molecule has 246 valence electrons. The molecule has 0 radical (unpaired) electrons. The van der Waals surface area contributed by atoms with Gasteiger partial charge in [-0.25, -0.2) is 8.42 Å². The second-order valence-electron chi connectivity index (χ2n) is 11.0. The molecule has 1 aliphatic rings. The van der Waals surface area contributed by atoms with E-state index in [0.717, 1.165) is 16.5 Å². The Morgan fingerprint density at radius 3 is 1.91 bits per heavy atom. The summed E-state index contributed by atoms with van der Waals surface area (Å²) in [6.45, 7) is 3.09. The standard InChI is InChI=1S/C34H34ClN3O8S/c1-3-45-32(39)19-29-21-37(47(43,44)31-12-10-26-17-28(35)11-9-27(26)18-31)22-30(20-33(40)46-4-2)38(29)34(41)25-7-5-23(6-8-25)24-13-15-36(42)16-14-24/h5-18,29-30H,3-4,19-22H2,1-2H3/t29-,30+. The first-order chi connectivity index (χ1) is 22.5. The summed E-state index contributed by atoms with van der Waals surface area (Å²) in [7, 11) is -4.14. The molecule has 0 N–H and O–H groups in total. The number of hydrogen-bond donors (Lipinski definition) is 0. The smallest absolute Gasteiger partial charge is 0.307 e. The Labute approximate surface area is 277 Å². The lowest BCUT2D eigenvalue weighted by atomic mass is 9.99. The zero-order valence-corrected chi connectivity index (χ0v) is 27.4. The molecule has 4 aromatic rings. The molecule has 1 aromatic heterocycles. The van der Waals surface area contributed by atoms with Crippen molar-refractivity contribution in [3.8, 4) is 11.1 Å². The molecule has 2 heterocycles. The van der Waals surface area contributed by atoms with Crippen molar-refractivity contribution >= 4 is 50.2 Å². The maximum Gasteiger partial charge on any atom is 0.307 e. The lowest BCUT2D eigenvalue weighted by Gasteiger charge is -2.45. The van der Waals surface area contributed by atoms with Crippen LogP contribution in [0.5, 0.6) is 0 Å². The largest absolute Gasteiger partial charge is 0.619 e. The third-order valence-corrected chi connectivity index (χ3v) is 10.0. The number of carbonyl (C=O) groups excluding carboxylic acids is 3. The van der Waals surface area contributed by atoms with Gasteiger partial charge in [0.2, 0.25) is 10.0 Å². The van der Waals surface area contributed by atoms with Gasteiger partial charge in [-0.3, -0.25) is 14.4 Å². The number of nitrogens with zero attached hydrogens (tertiary/aromatic N) is 3. The quantitative estimate of drug-likeness (QED) is 0.135. The topological polar surface area (TPSA) is 137 Å². The number of sulfonamides is 1. The highest BCUT2D eigenvalue weighted by atomic mass is 35.5. The summed E-state index contributed by atoms with van der Waals surface area (Å²) >= 11 is 6.11. The van der Waals surface area contributed by atoms with E-state index in [2.05, 4.69) is 0 Å². The molecule has 0 bridgehead atoms. The fraction of sp³-hybridized carbons (Fsp3) is 0.294. The maximum absolute atomic E-state index is 14.2. The number of piperazine rings is 1. The molecule has 1 amide bonds. The zero-order chi connectivity index (χ0) is 33.7. The van der Waals surface area contributed by atoms with Crippen LogP contribution in [0.3, 0.4) is 0 Å². The molecule has 1 aliphatic heterocycles. The van der Waals surface area contributed by atoms with E-state index in [4.69, 9.17) is 21.1 Å². The Morgan fingerprint density at radius 1 is 0.809 bits per heavy atom. The number of hydrogen-bond acceptors (Lipinski definition) is 8. The number of ether oxygens (including phenoxy) is 2. The van der Waals surface area contributed by atoms with Crippen LogP contribution < -0.4 is 4.73 Å². The number of carbonyl (C=O) groups is 3. The Morgan fingerprint density at radius 2 is 1.34 bits per heavy atom. The highest BCUT2D eigenvalue weighted by molar-refractivity contribution is 7.89. The average Bonchev–Trinajstić information content (AvgIpc) is 3.04. The van der Waals surface area contributed by atoms with Crippen LogP contribution in [-0.2, 0) is 29.1 Å². The van der Waals surface area contributed by atoms with Gasteiger partial charge < -0.3 is 19.6 Å². The first-order valence-electron chi connectivity index (χ1n) is 15.1. The SMILES string of the molecule is CCOC(=O)C[C@@H]1CN(S(=O)(=O)c2ccc3cc(Cl)ccc3c2)C[C@H](CC(=O)OCC)N1C(=O)c1ccc(-c2cc[n+]([O-])cc2)cc1. The van der Waals surface area contributed by atoms with Gasteiger partial charge in [-0.1, -0.05) is 35.9 Å². The minimum Gasteiger partial charge on any atom is -0.619 e. The molecule has 1 fully saturated rings. The highest BCUT2D eigenvalue weighted by Crippen LogP contribution is 2.31. The van der Waals surface area contributed by atoms with Gasteiger partial charge in [0.1, 0.15) is 0 Å². The van der Waals surface area contributed by atoms with Crippen LogP contribution in [0.25, 0.3) is 21.9 Å². The summed E-state index contributed by atoms with van der Waals surface area (Å²) in [5.74, 6) is -1.70. The maximum atomic E-state index is 14.2. The number of aromatic nitrogens is 1. The van der Waals surface area contributed by atoms with Crippen molar-refractivity contribution in [1.82, 2.24) is 9.21 Å². The highest BCUT2D eigenvalue weighted by Gasteiger charge is 2.44. The van der Waals surface area contributed by atoms with E-state index in [1.165, 1.54) is 27.7 Å². The average molecular weight is 680 g/mol. The number of benzene rings is 3. The number of halogens is 1. The fourth-order valence-corrected chi connectivity index (χ4v) is 7.49. The summed E-state index contributed by atoms with van der Waals surface area (Å²) in [5.41, 5.74) is 1.81. The predicted molar refractivity (Wildman–Crippen MR) is 175 cm³/mol. The third kappa shape index (κ3) is 7.73. The van der Waals surface area contributed by atoms with Gasteiger partial charge in [0.05, 0.1) is 43.0 Å². The summed E-state index contributed by atoms with van der Waals surface area (Å²) in [5, 5.41) is 13.4. The van der Waals surface area contributed by atoms with Gasteiger partial charge in [-0.15, -0.1) is 0 Å². The van der Waals surface area contributed by atoms with E-state index in [1.807, 2.05) is 0 Å². The summed E-state index contributed by atoms with van der Waals surface area (Å²) < 4.78 is 40.5. The van der Waals surface area contributed by atoms with Crippen molar-refractivity contribution in [2.24, 2.45) is 0 Å². The zero-order valence-electron chi connectivity index (χ0n) is 25.9. The molecule has 0 aliphatic carbocycles. The van der Waals surface area contributed by atoms with Crippen LogP contribution in [0, 0.1) is 5.21 Å². The van der Waals surface area contributed by atoms with Crippen LogP contribution in [0.2, 0.25) is 5.02 Å². The molecule has 0 unspecified atom stereocenters. The van der Waals surface area contributed by atoms with Crippen molar-refractivity contribution in [2.75, 3.05) is 26.3 Å². The first-order valence-corrected chi connectivity index (χ1v) is 16.9. The van der Waals surface area contributed by atoms with Crippen molar-refractivity contribution in [1.29, 1.82) is 0 Å². The molecule has 0 spiro atoms. The van der Waals surface area contributed by atoms with Crippen molar-refractivity contribution in [3.05, 3.63) is 101 Å². The number of fused-ring (bicyclic) bond motifs is 1. The van der Waals surface area contributed by atoms with Crippen molar-refractivity contribution in [3.63, 3.8) is 0 Å². The molecular weight excluding hydrogens is 646 g/mol. The number of rotatable bonds is 10. The number of pyridine rings is 1. The molecule has 1 saturated heterocycles. The molecular formula is C34H34ClN3O8S. The lowest BCUT2D eigenvalue weighted by molar-refractivity contribution is -0.605. The van der Waals surface area contributed by atoms with E-state index < -0.39 is 40.0 Å². The molecule has 13 heteroatoms. The third-order valence-electron chi connectivity index (χ3n) is 7.94. The number of esters is 2. The Hall–Kier alpha value is -4.52. The van der Waals surface area contributed by atoms with E-state index >= 15 is 0 Å². The molecule has 3 aromatic carbocycles. The van der Waals surface area contributed by atoms with Crippen LogP contribution in [0.4, 0.5) is 0 Å². The van der Waals surface area contributed by atoms with Gasteiger partial charge in [0.25, 0.3) is 5.91 Å². The van der Waals surface area contributed by atoms with Crippen molar-refractivity contribution in [2.45, 2.75) is 43.7 Å². The van der Waals surface area contributed by atoms with Gasteiger partial charge >= 0.3 is 11.9 Å². The van der Waals surface area contributed by atoms with Gasteiger partial charge in [0, 0.05) is 35.8 Å². The minimum absolute atomic E-state index is 0.0240. The molecule has 5 rings (SSSR count). The minimum atomic E-state index is -4.14. The Kier molecular flexibility index (Phi) is 10.4.